The molecule has 0 saturated carbocycles. The second kappa shape index (κ2) is 6.35. The summed E-state index contributed by atoms with van der Waals surface area (Å²) in [5.74, 6) is 0. The normalized spacial score (nSPS) is 29.1. The molecule has 0 spiro atoms. The number of unbranched alkanes of at least 4 members (excludes halogenated alkanes) is 1. The molecule has 1 aliphatic heterocycles. The molecule has 1 aliphatic rings. The topological polar surface area (TPSA) is 36.5 Å². The molecule has 5 N–H and O–H groups in total. The van der Waals surface area contributed by atoms with Crippen molar-refractivity contribution in [1.82, 2.24) is 0 Å². The lowest BCUT2D eigenvalue weighted by Gasteiger charge is -2.28. The Kier molecular flexibility index (Phi) is 5.35. The van der Waals surface area contributed by atoms with E-state index in [0.717, 1.165) is 6.54 Å². The Balaban J connectivity index is 2.03. The van der Waals surface area contributed by atoms with Crippen LogP contribution in [-0.2, 0) is 0 Å². The first-order chi connectivity index (χ1) is 6.36. The van der Waals surface area contributed by atoms with Crippen LogP contribution in [0.5, 0.6) is 0 Å². The Labute approximate surface area is 81.9 Å². The van der Waals surface area contributed by atoms with Gasteiger partial charge in [0.15, 0.2) is 0 Å². The Morgan fingerprint density at radius 3 is 2.15 bits per heavy atom. The van der Waals surface area contributed by atoms with E-state index in [2.05, 4.69) is 12.7 Å². The summed E-state index contributed by atoms with van der Waals surface area (Å²) < 4.78 is 0. The monoisotopic (exact) mass is 188 g/mol. The number of nitrogens with one attached hydrogen (secondary N) is 2. The Bertz CT molecular complexity index is 117. The van der Waals surface area contributed by atoms with Gasteiger partial charge in [0, 0.05) is 12.8 Å². The summed E-state index contributed by atoms with van der Waals surface area (Å²) >= 11 is 0. The zero-order valence-corrected chi connectivity index (χ0v) is 9.07. The number of hydrogen-bond donors (Lipinski definition) is 3. The summed E-state index contributed by atoms with van der Waals surface area (Å²) in [5, 5.41) is 0. The van der Waals surface area contributed by atoms with E-state index in [4.69, 9.17) is 0 Å². The molecular formula is C10H26N3+3. The minimum absolute atomic E-state index is 1.11. The van der Waals surface area contributed by atoms with Crippen LogP contribution in [0.15, 0.2) is 0 Å². The van der Waals surface area contributed by atoms with Crippen LogP contribution < -0.4 is 15.5 Å². The maximum Gasteiger partial charge on any atom is 0.127 e. The van der Waals surface area contributed by atoms with Gasteiger partial charge in [0.2, 0.25) is 0 Å². The highest BCUT2D eigenvalue weighted by molar-refractivity contribution is 4.40. The van der Waals surface area contributed by atoms with Gasteiger partial charge >= 0.3 is 0 Å². The quantitative estimate of drug-likeness (QED) is 0.381. The van der Waals surface area contributed by atoms with Crippen molar-refractivity contribution in [3.63, 3.8) is 0 Å². The molecule has 1 saturated heterocycles. The third-order valence-corrected chi connectivity index (χ3v) is 3.19. The van der Waals surface area contributed by atoms with Gasteiger partial charge in [-0.25, -0.2) is 0 Å². The van der Waals surface area contributed by atoms with Crippen LogP contribution in [-0.4, -0.2) is 45.8 Å². The van der Waals surface area contributed by atoms with E-state index in [-0.39, 0.29) is 0 Å². The van der Waals surface area contributed by atoms with Gasteiger partial charge in [0.25, 0.3) is 0 Å². The van der Waals surface area contributed by atoms with Crippen LogP contribution in [0, 0.1) is 0 Å². The molecule has 0 bridgehead atoms. The number of quaternary nitrogens is 3. The molecule has 0 aromatic heterocycles. The fourth-order valence-electron chi connectivity index (χ4n) is 2.11. The largest absolute Gasteiger partial charge is 0.358 e. The van der Waals surface area contributed by atoms with E-state index in [1.165, 1.54) is 52.1 Å². The van der Waals surface area contributed by atoms with Crippen molar-refractivity contribution in [1.29, 1.82) is 0 Å². The van der Waals surface area contributed by atoms with Gasteiger partial charge in [0.05, 0.1) is 19.6 Å². The lowest BCUT2D eigenvalue weighted by molar-refractivity contribution is -1.01. The van der Waals surface area contributed by atoms with Crippen molar-refractivity contribution in [3.8, 4) is 0 Å². The molecule has 13 heavy (non-hydrogen) atoms. The van der Waals surface area contributed by atoms with Gasteiger partial charge in [-0.2, -0.15) is 0 Å². The lowest BCUT2D eigenvalue weighted by atomic mass is 10.2. The fourth-order valence-corrected chi connectivity index (χ4v) is 2.11. The zero-order chi connectivity index (χ0) is 9.52. The van der Waals surface area contributed by atoms with Crippen LogP contribution in [0.4, 0.5) is 0 Å². The number of piperazine rings is 1. The van der Waals surface area contributed by atoms with E-state index < -0.39 is 0 Å². The summed E-state index contributed by atoms with van der Waals surface area (Å²) in [5.41, 5.74) is 3.88. The Morgan fingerprint density at radius 1 is 1.00 bits per heavy atom. The summed E-state index contributed by atoms with van der Waals surface area (Å²) in [6.07, 6.45) is 2.69. The molecule has 3 nitrogen and oxygen atoms in total. The van der Waals surface area contributed by atoms with Crippen molar-refractivity contribution in [2.75, 3.05) is 45.8 Å². The Morgan fingerprint density at radius 2 is 1.62 bits per heavy atom. The second-order valence-corrected chi connectivity index (χ2v) is 4.16. The van der Waals surface area contributed by atoms with Gasteiger partial charge in [-0.15, -0.1) is 0 Å². The molecule has 0 amide bonds. The maximum absolute atomic E-state index is 3.88. The summed E-state index contributed by atoms with van der Waals surface area (Å²) in [6.45, 7) is 11.6. The van der Waals surface area contributed by atoms with Crippen LogP contribution in [0.1, 0.15) is 19.8 Å². The van der Waals surface area contributed by atoms with Crippen LogP contribution in [0.2, 0.25) is 0 Å². The third-order valence-electron chi connectivity index (χ3n) is 3.19. The highest BCUT2D eigenvalue weighted by Gasteiger charge is 2.20. The van der Waals surface area contributed by atoms with Crippen molar-refractivity contribution >= 4 is 0 Å². The van der Waals surface area contributed by atoms with Gasteiger partial charge in [-0.3, -0.25) is 0 Å². The first-order valence-corrected chi connectivity index (χ1v) is 5.83. The molecule has 1 fully saturated rings. The first-order valence-electron chi connectivity index (χ1n) is 5.83. The molecule has 0 radical (unpaired) electrons. The third kappa shape index (κ3) is 4.07. The lowest BCUT2D eigenvalue weighted by Crippen LogP contribution is -3.28. The maximum atomic E-state index is 3.88. The molecule has 78 valence electrons. The second-order valence-electron chi connectivity index (χ2n) is 4.16. The van der Waals surface area contributed by atoms with E-state index >= 15 is 0 Å². The minimum atomic E-state index is 1.11. The summed E-state index contributed by atoms with van der Waals surface area (Å²) in [6, 6.07) is 0. The highest BCUT2D eigenvalue weighted by Crippen LogP contribution is 1.78. The van der Waals surface area contributed by atoms with Crippen LogP contribution >= 0.6 is 0 Å². The van der Waals surface area contributed by atoms with Crippen molar-refractivity contribution in [3.05, 3.63) is 0 Å². The minimum Gasteiger partial charge on any atom is -0.358 e. The van der Waals surface area contributed by atoms with Crippen LogP contribution in [0.25, 0.3) is 0 Å². The van der Waals surface area contributed by atoms with E-state index in [9.17, 15) is 0 Å². The van der Waals surface area contributed by atoms with E-state index in [0.29, 0.717) is 0 Å². The van der Waals surface area contributed by atoms with Gasteiger partial charge < -0.3 is 15.5 Å². The molecule has 0 aliphatic carbocycles. The summed E-state index contributed by atoms with van der Waals surface area (Å²) in [7, 11) is 0. The molecule has 0 unspecified atom stereocenters. The van der Waals surface area contributed by atoms with Crippen molar-refractivity contribution < 1.29 is 15.5 Å². The number of hydrogen-bond acceptors (Lipinski definition) is 0. The molecule has 1 heterocycles. The predicted molar refractivity (Wildman–Crippen MR) is 53.8 cm³/mol. The van der Waals surface area contributed by atoms with Crippen molar-refractivity contribution in [2.24, 2.45) is 0 Å². The SMILES string of the molecule is CC[NH+]1CC[NH+](CCCC[NH3+])CC1. The molecule has 3 heteroatoms. The van der Waals surface area contributed by atoms with Crippen molar-refractivity contribution in [2.45, 2.75) is 19.8 Å². The first kappa shape index (κ1) is 11.0. The van der Waals surface area contributed by atoms with Gasteiger partial charge in [-0.1, -0.05) is 0 Å². The molecular weight excluding hydrogens is 162 g/mol. The van der Waals surface area contributed by atoms with E-state index in [1.54, 1.807) is 4.90 Å². The molecule has 0 aromatic carbocycles. The van der Waals surface area contributed by atoms with Gasteiger partial charge in [-0.05, 0) is 6.92 Å². The molecule has 0 atom stereocenters. The summed E-state index contributed by atoms with van der Waals surface area (Å²) in [4.78, 5) is 3.62. The Hall–Kier alpha value is -0.120. The number of likely N-dealkylation sites (N-methyl/N-ethyl adjacent to an activating group) is 1. The molecule has 1 rings (SSSR count). The van der Waals surface area contributed by atoms with Gasteiger partial charge in [0.1, 0.15) is 26.2 Å². The molecule has 0 aromatic rings. The van der Waals surface area contributed by atoms with E-state index in [1.807, 2.05) is 4.90 Å². The average molecular weight is 188 g/mol. The average Bonchev–Trinajstić information content (AvgIpc) is 2.19. The standard InChI is InChI=1S/C10H23N3/c1-2-12-7-9-13(10-8-12)6-4-3-5-11/h2-11H2,1H3/p+3. The zero-order valence-electron chi connectivity index (χ0n) is 9.07. The highest BCUT2D eigenvalue weighted by atomic mass is 15.3. The van der Waals surface area contributed by atoms with Crippen LogP contribution in [0.3, 0.4) is 0 Å². The predicted octanol–water partition coefficient (Wildman–Crippen LogP) is -3.19. The fraction of sp³-hybridized carbons (Fsp3) is 1.00. The number of rotatable bonds is 5. The smallest absolute Gasteiger partial charge is 0.127 e.